The molecule has 26 heavy (non-hydrogen) atoms. The number of urea groups is 1. The van der Waals surface area contributed by atoms with Gasteiger partial charge >= 0.3 is 6.03 Å². The summed E-state index contributed by atoms with van der Waals surface area (Å²) >= 11 is 0. The topological polar surface area (TPSA) is 122 Å². The van der Waals surface area contributed by atoms with E-state index in [4.69, 9.17) is 5.73 Å². The maximum atomic E-state index is 14.3. The predicted molar refractivity (Wildman–Crippen MR) is 96.6 cm³/mol. The summed E-state index contributed by atoms with van der Waals surface area (Å²) in [5.74, 6) is -0.701. The fourth-order valence-corrected chi connectivity index (χ4v) is 2.86. The second-order valence-corrected chi connectivity index (χ2v) is 5.93. The molecule has 0 atom stereocenters. The Hall–Kier alpha value is -3.10. The Kier molecular flexibility index (Phi) is 6.16. The Morgan fingerprint density at radius 1 is 1.42 bits per heavy atom. The van der Waals surface area contributed by atoms with Gasteiger partial charge in [-0.2, -0.15) is 0 Å². The van der Waals surface area contributed by atoms with Gasteiger partial charge in [0.25, 0.3) is 5.91 Å². The average molecular weight is 360 g/mol. The molecule has 0 aromatic carbocycles. The quantitative estimate of drug-likeness (QED) is 0.507. The second kappa shape index (κ2) is 8.32. The van der Waals surface area contributed by atoms with Gasteiger partial charge in [-0.15, -0.1) is 10.2 Å². The van der Waals surface area contributed by atoms with Crippen molar-refractivity contribution in [1.29, 1.82) is 0 Å². The molecule has 8 nitrogen and oxygen atoms in total. The highest BCUT2D eigenvalue weighted by Gasteiger charge is 2.43. The molecular weight excluding hydrogens is 339 g/mol. The number of amides is 3. The van der Waals surface area contributed by atoms with E-state index in [2.05, 4.69) is 27.1 Å². The van der Waals surface area contributed by atoms with Gasteiger partial charge in [0.05, 0.1) is 5.71 Å². The summed E-state index contributed by atoms with van der Waals surface area (Å²) in [6.07, 6.45) is 5.28. The third-order valence-electron chi connectivity index (χ3n) is 4.27. The Morgan fingerprint density at radius 3 is 2.62 bits per heavy atom. The summed E-state index contributed by atoms with van der Waals surface area (Å²) in [5, 5.41) is 12.7. The van der Waals surface area contributed by atoms with Crippen LogP contribution in [-0.2, 0) is 0 Å². The number of hydrogen-bond donors (Lipinski definition) is 3. The lowest BCUT2D eigenvalue weighted by molar-refractivity contribution is 0.0960. The van der Waals surface area contributed by atoms with Crippen LogP contribution in [0.25, 0.3) is 0 Å². The minimum atomic E-state index is -0.966. The maximum absolute atomic E-state index is 14.3. The first kappa shape index (κ1) is 19.2. The number of aliphatic imine (C=N–C) groups is 1. The average Bonchev–Trinajstić information content (AvgIpc) is 2.57. The fourth-order valence-electron chi connectivity index (χ4n) is 2.86. The lowest BCUT2D eigenvalue weighted by Crippen LogP contribution is -2.44. The molecule has 1 saturated carbocycles. The molecule has 0 spiro atoms. The third kappa shape index (κ3) is 4.29. The highest BCUT2D eigenvalue weighted by atomic mass is 19.1. The summed E-state index contributed by atoms with van der Waals surface area (Å²) in [5.41, 5.74) is 4.83. The summed E-state index contributed by atoms with van der Waals surface area (Å²) < 4.78 is 14.3. The van der Waals surface area contributed by atoms with Crippen LogP contribution in [-0.4, -0.2) is 41.4 Å². The molecule has 3 amide bonds. The van der Waals surface area contributed by atoms with Gasteiger partial charge in [-0.25, -0.2) is 9.18 Å². The zero-order valence-corrected chi connectivity index (χ0v) is 14.5. The largest absolute Gasteiger partial charge is 0.368 e. The van der Waals surface area contributed by atoms with Gasteiger partial charge in [0.1, 0.15) is 11.6 Å². The number of halogens is 1. The Labute approximate surface area is 150 Å². The maximum Gasteiger partial charge on any atom is 0.319 e. The Balaban J connectivity index is 2.07. The number of nitrogens with two attached hydrogens (primary N) is 1. The fraction of sp³-hybridized carbons (Fsp3) is 0.353. The number of rotatable bonds is 7. The third-order valence-corrected chi connectivity index (χ3v) is 4.27. The summed E-state index contributed by atoms with van der Waals surface area (Å²) in [6, 6.07) is 1.99. The predicted octanol–water partition coefficient (Wildman–Crippen LogP) is 1.98. The van der Waals surface area contributed by atoms with Crippen LogP contribution in [0.5, 0.6) is 0 Å². The molecule has 1 aromatic heterocycles. The van der Waals surface area contributed by atoms with E-state index in [1.165, 1.54) is 18.2 Å². The molecule has 0 unspecified atom stereocenters. The van der Waals surface area contributed by atoms with Crippen LogP contribution in [0, 0.1) is 5.41 Å². The zero-order valence-electron chi connectivity index (χ0n) is 14.5. The molecule has 9 heteroatoms. The molecular formula is C17H21FN6O2. The van der Waals surface area contributed by atoms with Crippen LogP contribution >= 0.6 is 0 Å². The van der Waals surface area contributed by atoms with Crippen LogP contribution < -0.4 is 16.4 Å². The highest BCUT2D eigenvalue weighted by molar-refractivity contribution is 6.04. The van der Waals surface area contributed by atoms with Crippen molar-refractivity contribution >= 4 is 23.5 Å². The molecule has 0 saturated heterocycles. The number of primary amides is 1. The summed E-state index contributed by atoms with van der Waals surface area (Å²) in [7, 11) is 1.57. The van der Waals surface area contributed by atoms with Crippen molar-refractivity contribution in [1.82, 2.24) is 15.5 Å². The zero-order chi connectivity index (χ0) is 19.2. The molecule has 1 aliphatic carbocycles. The Morgan fingerprint density at radius 2 is 2.15 bits per heavy atom. The van der Waals surface area contributed by atoms with Gasteiger partial charge < -0.3 is 11.1 Å². The first-order valence-corrected chi connectivity index (χ1v) is 8.06. The number of aromatic nitrogens is 2. The molecule has 1 aliphatic rings. The number of allylic oxidation sites excluding steroid dienone is 3. The normalized spacial score (nSPS) is 16.4. The number of nitrogens with one attached hydrogen (secondary N) is 2. The molecule has 0 bridgehead atoms. The van der Waals surface area contributed by atoms with Gasteiger partial charge in [-0.1, -0.05) is 19.1 Å². The van der Waals surface area contributed by atoms with Crippen molar-refractivity contribution in [3.8, 4) is 0 Å². The molecule has 1 heterocycles. The van der Waals surface area contributed by atoms with Crippen molar-refractivity contribution < 1.29 is 14.0 Å². The number of hydrogen-bond acceptors (Lipinski definition) is 6. The van der Waals surface area contributed by atoms with Crippen molar-refractivity contribution in [2.75, 3.05) is 18.9 Å². The van der Waals surface area contributed by atoms with Crippen LogP contribution in [0.15, 0.2) is 41.7 Å². The molecule has 1 fully saturated rings. The van der Waals surface area contributed by atoms with E-state index in [0.717, 1.165) is 19.3 Å². The molecule has 1 aromatic rings. The van der Waals surface area contributed by atoms with E-state index in [0.29, 0.717) is 18.1 Å². The summed E-state index contributed by atoms with van der Waals surface area (Å²) in [4.78, 5) is 26.4. The number of carbonyl (C=O) groups excluding carboxylic acids is 2. The van der Waals surface area contributed by atoms with Gasteiger partial charge in [0.2, 0.25) is 0 Å². The molecule has 4 N–H and O–H groups in total. The first-order valence-electron chi connectivity index (χ1n) is 8.06. The van der Waals surface area contributed by atoms with E-state index in [1.54, 1.807) is 13.1 Å². The lowest BCUT2D eigenvalue weighted by Gasteiger charge is -2.42. The van der Waals surface area contributed by atoms with E-state index < -0.39 is 23.2 Å². The van der Waals surface area contributed by atoms with Crippen molar-refractivity contribution in [2.24, 2.45) is 16.1 Å². The molecule has 0 aliphatic heterocycles. The first-order chi connectivity index (χ1) is 12.4. The number of carbonyl (C=O) groups is 2. The van der Waals surface area contributed by atoms with Crippen LogP contribution in [0.4, 0.5) is 15.0 Å². The number of nitrogens with zero attached hydrogens (tertiary/aromatic N) is 3. The van der Waals surface area contributed by atoms with E-state index in [1.807, 2.05) is 5.32 Å². The van der Waals surface area contributed by atoms with Crippen molar-refractivity contribution in [3.63, 3.8) is 0 Å². The SMILES string of the molecule is C=C/C=C(/F)C(=NC)C1(CNc2ccc(C(=O)NC(N)=O)nn2)CCC1. The van der Waals surface area contributed by atoms with Crippen molar-refractivity contribution in [2.45, 2.75) is 19.3 Å². The van der Waals surface area contributed by atoms with E-state index in [9.17, 15) is 14.0 Å². The molecule has 0 radical (unpaired) electrons. The minimum Gasteiger partial charge on any atom is -0.368 e. The lowest BCUT2D eigenvalue weighted by atomic mass is 9.65. The van der Waals surface area contributed by atoms with Crippen LogP contribution in [0.2, 0.25) is 0 Å². The minimum absolute atomic E-state index is 0.0384. The Bertz CT molecular complexity index is 753. The number of imide groups is 1. The van der Waals surface area contributed by atoms with Crippen LogP contribution in [0.1, 0.15) is 29.8 Å². The molecule has 138 valence electrons. The van der Waals surface area contributed by atoms with E-state index in [-0.39, 0.29) is 5.69 Å². The summed E-state index contributed by atoms with van der Waals surface area (Å²) in [6.45, 7) is 3.94. The van der Waals surface area contributed by atoms with Gasteiger partial charge in [0.15, 0.2) is 5.69 Å². The number of anilines is 1. The van der Waals surface area contributed by atoms with Gasteiger partial charge in [0, 0.05) is 19.0 Å². The van der Waals surface area contributed by atoms with Crippen LogP contribution in [0.3, 0.4) is 0 Å². The second-order valence-electron chi connectivity index (χ2n) is 5.93. The van der Waals surface area contributed by atoms with Gasteiger partial charge in [-0.3, -0.25) is 15.1 Å². The standard InChI is InChI=1S/C17H21FN6O2/c1-3-5-11(18)14(20-2)17(8-4-9-17)10-21-13-7-6-12(23-24-13)15(25)22-16(19)26/h3,5-7H,1,4,8-10H2,2H3,(H,21,24)(H3,19,22,25,26)/b11-5+,20-14?. The monoisotopic (exact) mass is 360 g/mol. The van der Waals surface area contributed by atoms with Crippen molar-refractivity contribution in [3.05, 3.63) is 42.4 Å². The highest BCUT2D eigenvalue weighted by Crippen LogP contribution is 2.44. The smallest absolute Gasteiger partial charge is 0.319 e. The molecule has 2 rings (SSSR count). The van der Waals surface area contributed by atoms with Gasteiger partial charge in [-0.05, 0) is 31.1 Å². The van der Waals surface area contributed by atoms with E-state index >= 15 is 0 Å².